The molecule has 0 aliphatic heterocycles. The maximum absolute atomic E-state index is 5.83. The van der Waals surface area contributed by atoms with E-state index < -0.39 is 0 Å². The first-order chi connectivity index (χ1) is 9.29. The summed E-state index contributed by atoms with van der Waals surface area (Å²) in [6, 6.07) is 15.6. The van der Waals surface area contributed by atoms with Gasteiger partial charge in [0.1, 0.15) is 5.75 Å². The zero-order chi connectivity index (χ0) is 13.5. The topological polar surface area (TPSA) is 21.3 Å². The van der Waals surface area contributed by atoms with E-state index in [9.17, 15) is 0 Å². The molecule has 0 aromatic heterocycles. The van der Waals surface area contributed by atoms with Crippen LogP contribution in [0, 0.1) is 0 Å². The Morgan fingerprint density at radius 1 is 1.11 bits per heavy atom. The number of hydrogen-bond donors (Lipinski definition) is 1. The van der Waals surface area contributed by atoms with Crippen LogP contribution in [0.15, 0.2) is 54.6 Å². The average molecular weight is 274 g/mol. The van der Waals surface area contributed by atoms with Gasteiger partial charge in [-0.2, -0.15) is 0 Å². The molecule has 0 saturated carbocycles. The van der Waals surface area contributed by atoms with Gasteiger partial charge in [-0.15, -0.1) is 0 Å². The van der Waals surface area contributed by atoms with E-state index in [0.29, 0.717) is 0 Å². The second-order valence-electron chi connectivity index (χ2n) is 4.03. The van der Waals surface area contributed by atoms with Crippen LogP contribution in [0.5, 0.6) is 5.75 Å². The largest absolute Gasteiger partial charge is 0.496 e. The van der Waals surface area contributed by atoms with Gasteiger partial charge < -0.3 is 10.1 Å². The maximum Gasteiger partial charge on any atom is 0.126 e. The lowest BCUT2D eigenvalue weighted by Gasteiger charge is -2.04. The molecule has 0 amide bonds. The average Bonchev–Trinajstić information content (AvgIpc) is 2.46. The summed E-state index contributed by atoms with van der Waals surface area (Å²) < 4.78 is 5.29. The van der Waals surface area contributed by atoms with E-state index in [-0.39, 0.29) is 0 Å². The predicted molar refractivity (Wildman–Crippen MR) is 82.0 cm³/mol. The van der Waals surface area contributed by atoms with E-state index in [1.54, 1.807) is 7.11 Å². The van der Waals surface area contributed by atoms with Gasteiger partial charge in [-0.05, 0) is 30.3 Å². The lowest BCUT2D eigenvalue weighted by molar-refractivity contribution is 0.414. The molecule has 2 rings (SSSR count). The van der Waals surface area contributed by atoms with Crippen LogP contribution in [0.2, 0.25) is 5.02 Å². The third-order valence-electron chi connectivity index (χ3n) is 2.70. The quantitative estimate of drug-likeness (QED) is 0.868. The van der Waals surface area contributed by atoms with Crippen molar-refractivity contribution in [3.05, 3.63) is 65.2 Å². The third kappa shape index (κ3) is 4.04. The fourth-order valence-electron chi connectivity index (χ4n) is 1.73. The summed E-state index contributed by atoms with van der Waals surface area (Å²) >= 11 is 5.83. The number of rotatable bonds is 5. The smallest absolute Gasteiger partial charge is 0.126 e. The summed E-state index contributed by atoms with van der Waals surface area (Å²) in [6.45, 7) is 0.750. The van der Waals surface area contributed by atoms with Crippen LogP contribution < -0.4 is 10.1 Å². The summed E-state index contributed by atoms with van der Waals surface area (Å²) in [6.07, 6.45) is 4.11. The Hall–Kier alpha value is -1.93. The van der Waals surface area contributed by atoms with Gasteiger partial charge >= 0.3 is 0 Å². The first-order valence-corrected chi connectivity index (χ1v) is 6.46. The number of para-hydroxylation sites is 1. The van der Waals surface area contributed by atoms with E-state index in [4.69, 9.17) is 16.3 Å². The molecule has 19 heavy (non-hydrogen) atoms. The minimum atomic E-state index is 0.745. The molecule has 0 radical (unpaired) electrons. The van der Waals surface area contributed by atoms with Crippen molar-refractivity contribution >= 4 is 23.4 Å². The molecule has 1 N–H and O–H groups in total. The van der Waals surface area contributed by atoms with Crippen LogP contribution in [0.25, 0.3) is 6.08 Å². The van der Waals surface area contributed by atoms with Crippen molar-refractivity contribution < 1.29 is 4.74 Å². The maximum atomic E-state index is 5.83. The highest BCUT2D eigenvalue weighted by atomic mass is 35.5. The van der Waals surface area contributed by atoms with Crippen molar-refractivity contribution in [1.29, 1.82) is 0 Å². The van der Waals surface area contributed by atoms with Crippen LogP contribution in [-0.2, 0) is 0 Å². The van der Waals surface area contributed by atoms with E-state index in [1.165, 1.54) is 0 Å². The number of hydrogen-bond acceptors (Lipinski definition) is 2. The number of methoxy groups -OCH3 is 1. The van der Waals surface area contributed by atoms with Crippen molar-refractivity contribution in [2.45, 2.75) is 0 Å². The number of anilines is 1. The summed E-state index contributed by atoms with van der Waals surface area (Å²) in [5.74, 6) is 0.880. The van der Waals surface area contributed by atoms with Gasteiger partial charge in [0, 0.05) is 22.8 Å². The molecule has 2 aromatic rings. The van der Waals surface area contributed by atoms with Crippen LogP contribution in [0.3, 0.4) is 0 Å². The highest BCUT2D eigenvalue weighted by molar-refractivity contribution is 6.30. The first kappa shape index (κ1) is 13.5. The predicted octanol–water partition coefficient (Wildman–Crippen LogP) is 4.47. The first-order valence-electron chi connectivity index (χ1n) is 6.08. The van der Waals surface area contributed by atoms with Gasteiger partial charge in [0.15, 0.2) is 0 Å². The number of benzene rings is 2. The van der Waals surface area contributed by atoms with Crippen molar-refractivity contribution in [2.75, 3.05) is 19.0 Å². The number of halogens is 1. The molecule has 2 nitrogen and oxygen atoms in total. The number of ether oxygens (including phenoxy) is 1. The summed E-state index contributed by atoms with van der Waals surface area (Å²) in [7, 11) is 1.68. The lowest BCUT2D eigenvalue weighted by Crippen LogP contribution is -1.97. The van der Waals surface area contributed by atoms with Gasteiger partial charge in [0.2, 0.25) is 0 Å². The molecule has 2 aromatic carbocycles. The molecule has 0 saturated heterocycles. The standard InChI is InChI=1S/C16H16ClNO/c1-19-16-7-3-2-5-13(16)6-4-12-18-15-10-8-14(17)9-11-15/h2-11,18H,12H2,1H3/b6-4+. The Morgan fingerprint density at radius 2 is 1.84 bits per heavy atom. The Bertz CT molecular complexity index is 549. The molecule has 0 aliphatic rings. The molecule has 0 unspecified atom stereocenters. The van der Waals surface area contributed by atoms with Gasteiger partial charge in [0.25, 0.3) is 0 Å². The third-order valence-corrected chi connectivity index (χ3v) is 2.96. The molecule has 0 bridgehead atoms. The van der Waals surface area contributed by atoms with Crippen LogP contribution in [-0.4, -0.2) is 13.7 Å². The monoisotopic (exact) mass is 273 g/mol. The van der Waals surface area contributed by atoms with Crippen molar-refractivity contribution in [3.63, 3.8) is 0 Å². The number of nitrogens with one attached hydrogen (secondary N) is 1. The molecular formula is C16H16ClNO. The van der Waals surface area contributed by atoms with Crippen molar-refractivity contribution in [3.8, 4) is 5.75 Å². The zero-order valence-electron chi connectivity index (χ0n) is 10.8. The summed E-state index contributed by atoms with van der Waals surface area (Å²) in [5, 5.41) is 4.04. The molecular weight excluding hydrogens is 258 g/mol. The minimum absolute atomic E-state index is 0.745. The second-order valence-corrected chi connectivity index (χ2v) is 4.47. The van der Waals surface area contributed by atoms with E-state index >= 15 is 0 Å². The highest BCUT2D eigenvalue weighted by Crippen LogP contribution is 2.18. The summed E-state index contributed by atoms with van der Waals surface area (Å²) in [5.41, 5.74) is 2.12. The van der Waals surface area contributed by atoms with Crippen molar-refractivity contribution in [1.82, 2.24) is 0 Å². The van der Waals surface area contributed by atoms with E-state index in [0.717, 1.165) is 28.6 Å². The van der Waals surface area contributed by atoms with Crippen LogP contribution >= 0.6 is 11.6 Å². The molecule has 0 spiro atoms. The van der Waals surface area contributed by atoms with Crippen molar-refractivity contribution in [2.24, 2.45) is 0 Å². The molecule has 3 heteroatoms. The fraction of sp³-hybridized carbons (Fsp3) is 0.125. The Morgan fingerprint density at radius 3 is 2.58 bits per heavy atom. The summed E-state index contributed by atoms with van der Waals surface area (Å²) in [4.78, 5) is 0. The fourth-order valence-corrected chi connectivity index (χ4v) is 1.86. The Kier molecular flexibility index (Phi) is 4.87. The van der Waals surface area contributed by atoms with Crippen LogP contribution in [0.4, 0.5) is 5.69 Å². The zero-order valence-corrected chi connectivity index (χ0v) is 11.5. The van der Waals surface area contributed by atoms with Gasteiger partial charge in [-0.3, -0.25) is 0 Å². The van der Waals surface area contributed by atoms with E-state index in [1.807, 2.05) is 54.6 Å². The van der Waals surface area contributed by atoms with Crippen LogP contribution in [0.1, 0.15) is 5.56 Å². The molecule has 0 aliphatic carbocycles. The van der Waals surface area contributed by atoms with Gasteiger partial charge in [-0.1, -0.05) is 42.0 Å². The van der Waals surface area contributed by atoms with Gasteiger partial charge in [-0.25, -0.2) is 0 Å². The second kappa shape index (κ2) is 6.86. The molecule has 98 valence electrons. The highest BCUT2D eigenvalue weighted by Gasteiger charge is 1.96. The molecule has 0 atom stereocenters. The lowest BCUT2D eigenvalue weighted by atomic mass is 10.2. The SMILES string of the molecule is COc1ccccc1/C=C/CNc1ccc(Cl)cc1. The Balaban J connectivity index is 1.91. The van der Waals surface area contributed by atoms with E-state index in [2.05, 4.69) is 11.4 Å². The Labute approximate surface area is 118 Å². The minimum Gasteiger partial charge on any atom is -0.496 e. The normalized spacial score (nSPS) is 10.6. The molecule has 0 heterocycles. The molecule has 0 fully saturated rings. The van der Waals surface area contributed by atoms with Gasteiger partial charge in [0.05, 0.1) is 7.11 Å².